The highest BCUT2D eigenvalue weighted by atomic mass is 16.2. The molecular weight excluding hydrogens is 358 g/mol. The van der Waals surface area contributed by atoms with Gasteiger partial charge >= 0.3 is 0 Å². The van der Waals surface area contributed by atoms with Crippen molar-refractivity contribution >= 4 is 28.1 Å². The fraction of sp³-hybridized carbons (Fsp3) is 0.120. The number of amides is 1. The first kappa shape index (κ1) is 18.7. The molecule has 1 atom stereocenters. The summed E-state index contributed by atoms with van der Waals surface area (Å²) < 4.78 is 0. The molecule has 0 radical (unpaired) electrons. The number of anilines is 2. The molecule has 1 aromatic heterocycles. The van der Waals surface area contributed by atoms with Crippen molar-refractivity contribution < 1.29 is 4.79 Å². The average Bonchev–Trinajstić information content (AvgIpc) is 2.75. The number of aromatic nitrogens is 1. The van der Waals surface area contributed by atoms with Gasteiger partial charge in [0, 0.05) is 36.2 Å². The quantitative estimate of drug-likeness (QED) is 0.506. The summed E-state index contributed by atoms with van der Waals surface area (Å²) in [5, 5.41) is 5.19. The number of fused-ring (bicyclic) bond motifs is 1. The Balaban J connectivity index is 1.68. The van der Waals surface area contributed by atoms with Crippen LogP contribution in [0.4, 0.5) is 11.4 Å². The van der Waals surface area contributed by atoms with Gasteiger partial charge in [0.2, 0.25) is 0 Å². The number of carbonyl (C=O) groups is 1. The van der Waals surface area contributed by atoms with Crippen LogP contribution in [0.2, 0.25) is 0 Å². The average molecular weight is 381 g/mol. The first-order valence-corrected chi connectivity index (χ1v) is 9.61. The molecule has 4 rings (SSSR count). The van der Waals surface area contributed by atoms with E-state index in [0.717, 1.165) is 33.3 Å². The van der Waals surface area contributed by atoms with E-state index >= 15 is 0 Å². The molecular formula is C25H23N3O. The standard InChI is InChI=1S/C25H23N3O/c1-18-8-6-7-11-23(18)28(2)24(19-9-4-3-5-10-19)25(29)27-22-13-12-21-17-26-15-14-20(21)16-22/h3-17,24H,1-2H3,(H,27,29). The minimum Gasteiger partial charge on any atom is -0.359 e. The van der Waals surface area contributed by atoms with Crippen molar-refractivity contribution in [3.05, 3.63) is 102 Å². The SMILES string of the molecule is Cc1ccccc1N(C)C(C(=O)Nc1ccc2cnccc2c1)c1ccccc1. The van der Waals surface area contributed by atoms with Gasteiger partial charge in [-0.25, -0.2) is 0 Å². The van der Waals surface area contributed by atoms with Gasteiger partial charge < -0.3 is 10.2 Å². The third kappa shape index (κ3) is 3.97. The lowest BCUT2D eigenvalue weighted by Crippen LogP contribution is -2.35. The second-order valence-corrected chi connectivity index (χ2v) is 7.14. The predicted molar refractivity (Wildman–Crippen MR) is 119 cm³/mol. The number of para-hydroxylation sites is 1. The Morgan fingerprint density at radius 2 is 1.69 bits per heavy atom. The van der Waals surface area contributed by atoms with Crippen LogP contribution in [0.25, 0.3) is 10.8 Å². The molecule has 1 unspecified atom stereocenters. The molecule has 1 amide bonds. The molecule has 29 heavy (non-hydrogen) atoms. The van der Waals surface area contributed by atoms with Crippen LogP contribution >= 0.6 is 0 Å². The van der Waals surface area contributed by atoms with Crippen LogP contribution in [0.3, 0.4) is 0 Å². The van der Waals surface area contributed by atoms with Gasteiger partial charge in [0.25, 0.3) is 5.91 Å². The molecule has 1 heterocycles. The number of nitrogens with one attached hydrogen (secondary N) is 1. The summed E-state index contributed by atoms with van der Waals surface area (Å²) in [5.74, 6) is -0.0737. The number of hydrogen-bond donors (Lipinski definition) is 1. The van der Waals surface area contributed by atoms with E-state index in [0.29, 0.717) is 0 Å². The number of likely N-dealkylation sites (N-methyl/N-ethyl adjacent to an activating group) is 1. The van der Waals surface area contributed by atoms with Crippen molar-refractivity contribution in [2.75, 3.05) is 17.3 Å². The highest BCUT2D eigenvalue weighted by Gasteiger charge is 2.26. The van der Waals surface area contributed by atoms with Gasteiger partial charge in [-0.2, -0.15) is 0 Å². The first-order chi connectivity index (χ1) is 14.1. The van der Waals surface area contributed by atoms with Crippen LogP contribution < -0.4 is 10.2 Å². The van der Waals surface area contributed by atoms with Gasteiger partial charge in [-0.15, -0.1) is 0 Å². The van der Waals surface area contributed by atoms with E-state index in [1.165, 1.54) is 0 Å². The zero-order valence-electron chi connectivity index (χ0n) is 16.5. The van der Waals surface area contributed by atoms with E-state index in [4.69, 9.17) is 0 Å². The lowest BCUT2D eigenvalue weighted by Gasteiger charge is -2.30. The number of rotatable bonds is 5. The molecule has 0 bridgehead atoms. The maximum absolute atomic E-state index is 13.4. The maximum atomic E-state index is 13.4. The van der Waals surface area contributed by atoms with Crippen molar-refractivity contribution in [1.82, 2.24) is 4.98 Å². The smallest absolute Gasteiger partial charge is 0.251 e. The second kappa shape index (κ2) is 8.15. The van der Waals surface area contributed by atoms with Crippen LogP contribution in [-0.4, -0.2) is 17.9 Å². The van der Waals surface area contributed by atoms with Crippen LogP contribution in [0.1, 0.15) is 17.2 Å². The van der Waals surface area contributed by atoms with E-state index in [2.05, 4.69) is 23.3 Å². The first-order valence-electron chi connectivity index (χ1n) is 9.61. The Bertz CT molecular complexity index is 1140. The summed E-state index contributed by atoms with van der Waals surface area (Å²) >= 11 is 0. The molecule has 0 spiro atoms. The number of benzene rings is 3. The minimum absolute atomic E-state index is 0.0737. The van der Waals surface area contributed by atoms with E-state index in [9.17, 15) is 4.79 Å². The molecule has 3 aromatic carbocycles. The fourth-order valence-electron chi connectivity index (χ4n) is 3.66. The van der Waals surface area contributed by atoms with Crippen molar-refractivity contribution in [1.29, 1.82) is 0 Å². The molecule has 1 N–H and O–H groups in total. The van der Waals surface area contributed by atoms with Crippen LogP contribution in [0.15, 0.2) is 91.3 Å². The summed E-state index contributed by atoms with van der Waals surface area (Å²) in [6.45, 7) is 2.06. The number of hydrogen-bond acceptors (Lipinski definition) is 3. The fourth-order valence-corrected chi connectivity index (χ4v) is 3.66. The van der Waals surface area contributed by atoms with E-state index in [-0.39, 0.29) is 5.91 Å². The van der Waals surface area contributed by atoms with Crippen LogP contribution in [0.5, 0.6) is 0 Å². The number of pyridine rings is 1. The van der Waals surface area contributed by atoms with Crippen molar-refractivity contribution in [2.24, 2.45) is 0 Å². The summed E-state index contributed by atoms with van der Waals surface area (Å²) in [7, 11) is 1.96. The van der Waals surface area contributed by atoms with Gasteiger partial charge in [-0.1, -0.05) is 54.6 Å². The summed E-state index contributed by atoms with van der Waals surface area (Å²) in [5.41, 5.74) is 3.87. The van der Waals surface area contributed by atoms with E-state index < -0.39 is 6.04 Å². The second-order valence-electron chi connectivity index (χ2n) is 7.14. The van der Waals surface area contributed by atoms with Gasteiger partial charge in [-0.05, 0) is 47.7 Å². The molecule has 0 aliphatic carbocycles. The largest absolute Gasteiger partial charge is 0.359 e. The third-order valence-corrected chi connectivity index (χ3v) is 5.15. The molecule has 0 aliphatic rings. The topological polar surface area (TPSA) is 45.2 Å². The third-order valence-electron chi connectivity index (χ3n) is 5.15. The van der Waals surface area contributed by atoms with E-state index in [1.54, 1.807) is 6.20 Å². The Morgan fingerprint density at radius 3 is 2.48 bits per heavy atom. The molecule has 4 nitrogen and oxygen atoms in total. The Kier molecular flexibility index (Phi) is 5.25. The summed E-state index contributed by atoms with van der Waals surface area (Å²) in [6.07, 6.45) is 3.58. The van der Waals surface area contributed by atoms with Gasteiger partial charge in [0.1, 0.15) is 6.04 Å². The zero-order chi connectivity index (χ0) is 20.2. The molecule has 0 saturated heterocycles. The normalized spacial score (nSPS) is 11.8. The summed E-state index contributed by atoms with van der Waals surface area (Å²) in [6, 6.07) is 25.3. The molecule has 4 aromatic rings. The lowest BCUT2D eigenvalue weighted by atomic mass is 10.0. The summed E-state index contributed by atoms with van der Waals surface area (Å²) in [4.78, 5) is 19.6. The monoisotopic (exact) mass is 381 g/mol. The number of nitrogens with zero attached hydrogens (tertiary/aromatic N) is 2. The highest BCUT2D eigenvalue weighted by molar-refractivity contribution is 5.99. The highest BCUT2D eigenvalue weighted by Crippen LogP contribution is 2.29. The Morgan fingerprint density at radius 1 is 0.931 bits per heavy atom. The number of aryl methyl sites for hydroxylation is 1. The Labute approximate surface area is 170 Å². The molecule has 0 saturated carbocycles. The zero-order valence-corrected chi connectivity index (χ0v) is 16.5. The van der Waals surface area contributed by atoms with Crippen molar-refractivity contribution in [3.63, 3.8) is 0 Å². The minimum atomic E-state index is -0.453. The predicted octanol–water partition coefficient (Wildman–Crippen LogP) is 5.36. The van der Waals surface area contributed by atoms with Crippen LogP contribution in [0, 0.1) is 6.92 Å². The van der Waals surface area contributed by atoms with Crippen molar-refractivity contribution in [3.8, 4) is 0 Å². The lowest BCUT2D eigenvalue weighted by molar-refractivity contribution is -0.117. The van der Waals surface area contributed by atoms with E-state index in [1.807, 2.05) is 90.9 Å². The van der Waals surface area contributed by atoms with Crippen molar-refractivity contribution in [2.45, 2.75) is 13.0 Å². The van der Waals surface area contributed by atoms with Gasteiger partial charge in [-0.3, -0.25) is 9.78 Å². The Hall–Kier alpha value is -3.66. The molecule has 4 heteroatoms. The van der Waals surface area contributed by atoms with Crippen LogP contribution in [-0.2, 0) is 4.79 Å². The van der Waals surface area contributed by atoms with Gasteiger partial charge in [0.05, 0.1) is 0 Å². The molecule has 0 fully saturated rings. The number of carbonyl (C=O) groups excluding carboxylic acids is 1. The molecule has 0 aliphatic heterocycles. The van der Waals surface area contributed by atoms with Gasteiger partial charge in [0.15, 0.2) is 0 Å². The maximum Gasteiger partial charge on any atom is 0.251 e. The molecule has 144 valence electrons.